The van der Waals surface area contributed by atoms with Crippen LogP contribution in [-0.2, 0) is 16.1 Å². The van der Waals surface area contributed by atoms with Gasteiger partial charge in [0.05, 0.1) is 0 Å². The van der Waals surface area contributed by atoms with E-state index in [2.05, 4.69) is 24.1 Å². The predicted octanol–water partition coefficient (Wildman–Crippen LogP) is 5.42. The van der Waals surface area contributed by atoms with Crippen LogP contribution in [0.2, 0.25) is 0 Å². The van der Waals surface area contributed by atoms with E-state index in [0.29, 0.717) is 13.0 Å². The van der Waals surface area contributed by atoms with Crippen molar-refractivity contribution < 1.29 is 19.8 Å². The van der Waals surface area contributed by atoms with Crippen LogP contribution >= 0.6 is 22.9 Å². The lowest BCUT2D eigenvalue weighted by Crippen LogP contribution is -2.51. The number of aliphatic hydroxyl groups is 2. The monoisotopic (exact) mass is 561 g/mol. The molecule has 1 unspecified atom stereocenters. The molecule has 0 aliphatic carbocycles. The third-order valence-corrected chi connectivity index (χ3v) is 7.21. The number of aliphatic hydroxyl groups excluding tert-OH is 2. The van der Waals surface area contributed by atoms with Crippen molar-refractivity contribution in [2.45, 2.75) is 84.1 Å². The van der Waals surface area contributed by atoms with Gasteiger partial charge in [-0.05, 0) is 37.7 Å². The topological polar surface area (TPSA) is 103 Å². The zero-order valence-corrected chi connectivity index (χ0v) is 24.0. The molecule has 1 aliphatic heterocycles. The fraction of sp³-hybridized carbons (Fsp3) is 0.483. The van der Waals surface area contributed by atoms with Crippen LogP contribution in [0.15, 0.2) is 59.1 Å². The molecule has 2 heterocycles. The number of amides is 2. The number of rotatable bonds is 11. The zero-order valence-electron chi connectivity index (χ0n) is 22.5. The van der Waals surface area contributed by atoms with Crippen LogP contribution in [0.5, 0.6) is 0 Å². The van der Waals surface area contributed by atoms with Crippen molar-refractivity contribution in [1.29, 1.82) is 0 Å². The van der Waals surface area contributed by atoms with Crippen molar-refractivity contribution in [2.24, 2.45) is 0 Å². The van der Waals surface area contributed by atoms with E-state index < -0.39 is 24.0 Å². The molecule has 38 heavy (non-hydrogen) atoms. The van der Waals surface area contributed by atoms with E-state index in [-0.39, 0.29) is 12.6 Å². The number of benzene rings is 1. The van der Waals surface area contributed by atoms with Gasteiger partial charge < -0.3 is 20.4 Å². The number of thiazole rings is 1. The summed E-state index contributed by atoms with van der Waals surface area (Å²) in [6, 6.07) is 7.47. The Morgan fingerprint density at radius 2 is 1.89 bits per heavy atom. The number of nitrogens with zero attached hydrogens (tertiary/aromatic N) is 2. The van der Waals surface area contributed by atoms with Crippen LogP contribution < -0.4 is 5.32 Å². The van der Waals surface area contributed by atoms with Crippen LogP contribution in [-0.4, -0.2) is 56.7 Å². The Morgan fingerprint density at radius 3 is 2.53 bits per heavy atom. The lowest BCUT2D eigenvalue weighted by Gasteiger charge is -2.27. The molecule has 9 heteroatoms. The van der Waals surface area contributed by atoms with Crippen molar-refractivity contribution in [1.82, 2.24) is 15.2 Å². The number of nitrogens with one attached hydrogen (secondary N) is 1. The van der Waals surface area contributed by atoms with Gasteiger partial charge in [0.1, 0.15) is 5.01 Å². The van der Waals surface area contributed by atoms with Gasteiger partial charge in [-0.2, -0.15) is 0 Å². The molecule has 1 saturated heterocycles. The molecule has 0 saturated carbocycles. The smallest absolute Gasteiger partial charge is 0.254 e. The first-order chi connectivity index (χ1) is 18.3. The molecule has 1 aliphatic rings. The maximum atomic E-state index is 12.8. The lowest BCUT2D eigenvalue weighted by atomic mass is 10.1. The molecule has 7 nitrogen and oxygen atoms in total. The summed E-state index contributed by atoms with van der Waals surface area (Å²) in [6.07, 6.45) is 9.10. The second-order valence-corrected chi connectivity index (χ2v) is 10.5. The van der Waals surface area contributed by atoms with E-state index in [9.17, 15) is 19.8 Å². The van der Waals surface area contributed by atoms with E-state index in [1.807, 2.05) is 54.8 Å². The fourth-order valence-corrected chi connectivity index (χ4v) is 4.67. The summed E-state index contributed by atoms with van der Waals surface area (Å²) in [5.74, 6) is -1.41. The summed E-state index contributed by atoms with van der Waals surface area (Å²) >= 11 is 7.54. The molecule has 1 aromatic carbocycles. The van der Waals surface area contributed by atoms with Gasteiger partial charge in [-0.15, -0.1) is 11.3 Å². The number of carbonyl (C=O) groups is 2. The van der Waals surface area contributed by atoms with E-state index >= 15 is 0 Å². The summed E-state index contributed by atoms with van der Waals surface area (Å²) < 4.78 is 0. The predicted molar refractivity (Wildman–Crippen MR) is 155 cm³/mol. The first kappa shape index (κ1) is 31.7. The molecule has 0 radical (unpaired) electrons. The molecule has 208 valence electrons. The van der Waals surface area contributed by atoms with Crippen LogP contribution in [0, 0.1) is 0 Å². The van der Waals surface area contributed by atoms with E-state index in [1.54, 1.807) is 22.4 Å². The highest BCUT2D eigenvalue weighted by molar-refractivity contribution is 7.13. The molecule has 0 bridgehead atoms. The van der Waals surface area contributed by atoms with Crippen molar-refractivity contribution >= 4 is 34.8 Å². The molecule has 1 fully saturated rings. The number of hydrogen-bond donors (Lipinski definition) is 3. The quantitative estimate of drug-likeness (QED) is 0.318. The molecule has 3 rings (SSSR count). The molecule has 3 N–H and O–H groups in total. The largest absolute Gasteiger partial charge is 0.380 e. The summed E-state index contributed by atoms with van der Waals surface area (Å²) in [5, 5.41) is 27.0. The molecule has 3 atom stereocenters. The van der Waals surface area contributed by atoms with Crippen molar-refractivity contribution in [3.63, 3.8) is 0 Å². The number of hydrogen-bond acceptors (Lipinski definition) is 6. The SMILES string of the molecule is CC/C(Cl)=C\C/C=C\CC1CCCN1C(=O)[C@H](O)[C@@H](O)C(=O)NCc1ccc(-c2nccs2)cc1.CCC. The summed E-state index contributed by atoms with van der Waals surface area (Å²) in [4.78, 5) is 31.1. The minimum Gasteiger partial charge on any atom is -0.380 e. The zero-order chi connectivity index (χ0) is 27.9. The molecular weight excluding hydrogens is 522 g/mol. The molecule has 2 amide bonds. The van der Waals surface area contributed by atoms with E-state index in [4.69, 9.17) is 11.6 Å². The second kappa shape index (κ2) is 17.1. The summed E-state index contributed by atoms with van der Waals surface area (Å²) in [7, 11) is 0. The Bertz CT molecular complexity index is 1040. The second-order valence-electron chi connectivity index (χ2n) is 9.12. The molecule has 0 spiro atoms. The minimum absolute atomic E-state index is 0.0642. The Balaban J connectivity index is 0.00000161. The highest BCUT2D eigenvalue weighted by atomic mass is 35.5. The maximum absolute atomic E-state index is 12.8. The Morgan fingerprint density at radius 1 is 1.18 bits per heavy atom. The first-order valence-corrected chi connectivity index (χ1v) is 14.5. The van der Waals surface area contributed by atoms with E-state index in [0.717, 1.165) is 46.9 Å². The van der Waals surface area contributed by atoms with Crippen LogP contribution in [0.1, 0.15) is 64.9 Å². The average molecular weight is 562 g/mol. The van der Waals surface area contributed by atoms with Crippen LogP contribution in [0.4, 0.5) is 0 Å². The third kappa shape index (κ3) is 9.98. The fourth-order valence-electron chi connectivity index (χ4n) is 3.93. The molecule has 1 aromatic heterocycles. The number of likely N-dealkylation sites (tertiary alicyclic amines) is 1. The van der Waals surface area contributed by atoms with Gasteiger partial charge in [0.2, 0.25) is 0 Å². The highest BCUT2D eigenvalue weighted by Crippen LogP contribution is 2.23. The summed E-state index contributed by atoms with van der Waals surface area (Å²) in [5.41, 5.74) is 1.81. The normalized spacial score (nSPS) is 17.2. The number of aromatic nitrogens is 1. The van der Waals surface area contributed by atoms with Gasteiger partial charge in [0, 0.05) is 41.3 Å². The van der Waals surface area contributed by atoms with Crippen molar-refractivity contribution in [3.8, 4) is 10.6 Å². The van der Waals surface area contributed by atoms with E-state index in [1.165, 1.54) is 6.42 Å². The first-order valence-electron chi connectivity index (χ1n) is 13.2. The van der Waals surface area contributed by atoms with Crippen LogP contribution in [0.3, 0.4) is 0 Å². The van der Waals surface area contributed by atoms with Gasteiger partial charge in [-0.1, -0.05) is 81.3 Å². The van der Waals surface area contributed by atoms with Gasteiger partial charge in [0.15, 0.2) is 12.2 Å². The lowest BCUT2D eigenvalue weighted by molar-refractivity contribution is -0.153. The maximum Gasteiger partial charge on any atom is 0.254 e. The number of halogens is 1. The van der Waals surface area contributed by atoms with Crippen molar-refractivity contribution in [3.05, 3.63) is 64.7 Å². The van der Waals surface area contributed by atoms with Crippen molar-refractivity contribution in [2.75, 3.05) is 6.54 Å². The van der Waals surface area contributed by atoms with Gasteiger partial charge in [0.25, 0.3) is 11.8 Å². The number of allylic oxidation sites excluding steroid dienone is 3. The average Bonchev–Trinajstić information content (AvgIpc) is 3.63. The Hall–Kier alpha value is -2.52. The standard InChI is InChI=1S/C26H32ClN3O4S.C3H8/c1-2-20(27)7-4-3-5-8-21-9-6-15-30(21)26(34)23(32)22(31)24(33)29-17-18-10-12-19(13-11-18)25-28-14-16-35-25;1-3-2/h3,5,7,10-14,16,21-23,31-32H,2,4,6,8-9,15,17H2,1H3,(H,29,33);3H2,1-2H3/b5-3-,20-7+;/t21?,22-,23-;/m1./s1. The summed E-state index contributed by atoms with van der Waals surface area (Å²) in [6.45, 7) is 6.91. The van der Waals surface area contributed by atoms with Gasteiger partial charge >= 0.3 is 0 Å². The Kier molecular flexibility index (Phi) is 14.3. The molecule has 2 aromatic rings. The third-order valence-electron chi connectivity index (χ3n) is 5.97. The number of carbonyl (C=O) groups excluding carboxylic acids is 2. The van der Waals surface area contributed by atoms with Crippen LogP contribution in [0.25, 0.3) is 10.6 Å². The Labute approximate surface area is 235 Å². The minimum atomic E-state index is -1.84. The van der Waals surface area contributed by atoms with Gasteiger partial charge in [-0.25, -0.2) is 4.98 Å². The highest BCUT2D eigenvalue weighted by Gasteiger charge is 2.37. The van der Waals surface area contributed by atoms with Gasteiger partial charge in [-0.3, -0.25) is 9.59 Å². The molecular formula is C29H40ClN3O4S.